The van der Waals surface area contributed by atoms with Crippen LogP contribution < -0.4 is 5.32 Å². The Morgan fingerprint density at radius 2 is 2.38 bits per heavy atom. The molecule has 0 heterocycles. The second-order valence-electron chi connectivity index (χ2n) is 2.97. The Morgan fingerprint density at radius 3 is 3.00 bits per heavy atom. The molecule has 70 valence electrons. The van der Waals surface area contributed by atoms with Gasteiger partial charge in [0.1, 0.15) is 0 Å². The van der Waals surface area contributed by atoms with E-state index in [9.17, 15) is 0 Å². The predicted molar refractivity (Wildman–Crippen MR) is 60.8 cm³/mol. The number of hydrogen-bond donors (Lipinski definition) is 1. The summed E-state index contributed by atoms with van der Waals surface area (Å²) < 4.78 is 1.12. The molecule has 1 aromatic carbocycles. The predicted octanol–water partition coefficient (Wildman–Crippen LogP) is 3.29. The summed E-state index contributed by atoms with van der Waals surface area (Å²) in [4.78, 5) is 0. The highest BCUT2D eigenvalue weighted by atomic mass is 79.9. The first-order valence-electron chi connectivity index (χ1n) is 4.34. The van der Waals surface area contributed by atoms with Crippen molar-refractivity contribution in [2.75, 3.05) is 6.54 Å². The summed E-state index contributed by atoms with van der Waals surface area (Å²) >= 11 is 3.45. The van der Waals surface area contributed by atoms with E-state index in [4.69, 9.17) is 0 Å². The number of hydrogen-bond acceptors (Lipinski definition) is 1. The van der Waals surface area contributed by atoms with E-state index in [1.54, 1.807) is 0 Å². The second kappa shape index (κ2) is 5.20. The molecule has 0 bridgehead atoms. The number of benzene rings is 1. The molecule has 0 spiro atoms. The lowest BCUT2D eigenvalue weighted by Gasteiger charge is -2.12. The molecular formula is C11H14BrN. The number of halogens is 1. The quantitative estimate of drug-likeness (QED) is 0.796. The highest BCUT2D eigenvalue weighted by Crippen LogP contribution is 2.17. The molecule has 0 saturated carbocycles. The van der Waals surface area contributed by atoms with Crippen LogP contribution in [0.15, 0.2) is 41.4 Å². The van der Waals surface area contributed by atoms with Gasteiger partial charge < -0.3 is 5.32 Å². The van der Waals surface area contributed by atoms with Crippen LogP contribution in [0.2, 0.25) is 0 Å². The fourth-order valence-electron chi connectivity index (χ4n) is 1.15. The average Bonchev–Trinajstić information content (AvgIpc) is 2.14. The maximum Gasteiger partial charge on any atom is 0.0295 e. The first-order chi connectivity index (χ1) is 6.24. The zero-order chi connectivity index (χ0) is 9.68. The minimum absolute atomic E-state index is 0.371. The molecule has 13 heavy (non-hydrogen) atoms. The van der Waals surface area contributed by atoms with Gasteiger partial charge in [-0.3, -0.25) is 0 Å². The summed E-state index contributed by atoms with van der Waals surface area (Å²) in [6.45, 7) is 6.66. The molecule has 0 aliphatic heterocycles. The highest BCUT2D eigenvalue weighted by Gasteiger charge is 2.02. The summed E-state index contributed by atoms with van der Waals surface area (Å²) in [7, 11) is 0. The Labute approximate surface area is 88.0 Å². The van der Waals surface area contributed by atoms with Crippen LogP contribution in [0.25, 0.3) is 0 Å². The van der Waals surface area contributed by atoms with Crippen molar-refractivity contribution in [1.82, 2.24) is 5.32 Å². The molecule has 0 fully saturated rings. The first kappa shape index (κ1) is 10.5. The molecule has 0 aliphatic carbocycles. The van der Waals surface area contributed by atoms with Gasteiger partial charge in [-0.05, 0) is 24.6 Å². The Bertz CT molecular complexity index is 283. The molecule has 0 unspecified atom stereocenters. The second-order valence-corrected chi connectivity index (χ2v) is 3.89. The van der Waals surface area contributed by atoms with Crippen LogP contribution in [0.4, 0.5) is 0 Å². The highest BCUT2D eigenvalue weighted by molar-refractivity contribution is 9.10. The van der Waals surface area contributed by atoms with E-state index in [1.165, 1.54) is 5.56 Å². The van der Waals surface area contributed by atoms with Gasteiger partial charge in [0.25, 0.3) is 0 Å². The summed E-state index contributed by atoms with van der Waals surface area (Å²) in [5.74, 6) is 0. The van der Waals surface area contributed by atoms with Crippen molar-refractivity contribution in [3.8, 4) is 0 Å². The van der Waals surface area contributed by atoms with E-state index in [0.29, 0.717) is 6.04 Å². The molecule has 1 aromatic rings. The Hall–Kier alpha value is -0.600. The van der Waals surface area contributed by atoms with Gasteiger partial charge >= 0.3 is 0 Å². The standard InChI is InChI=1S/C11H14BrN/c1-3-7-13-9(2)10-5-4-6-11(12)8-10/h3-6,8-9,13H,1,7H2,2H3/t9-/m0/s1. The Morgan fingerprint density at radius 1 is 1.62 bits per heavy atom. The van der Waals surface area contributed by atoms with E-state index in [-0.39, 0.29) is 0 Å². The van der Waals surface area contributed by atoms with Gasteiger partial charge in [-0.2, -0.15) is 0 Å². The van der Waals surface area contributed by atoms with Gasteiger partial charge in [0.2, 0.25) is 0 Å². The number of rotatable bonds is 4. The third-order valence-electron chi connectivity index (χ3n) is 1.92. The fourth-order valence-corrected chi connectivity index (χ4v) is 1.57. The minimum Gasteiger partial charge on any atom is -0.307 e. The maximum absolute atomic E-state index is 3.67. The van der Waals surface area contributed by atoms with Crippen molar-refractivity contribution >= 4 is 15.9 Å². The van der Waals surface area contributed by atoms with Gasteiger partial charge in [0, 0.05) is 17.1 Å². The van der Waals surface area contributed by atoms with Crippen LogP contribution in [0.3, 0.4) is 0 Å². The van der Waals surface area contributed by atoms with E-state index in [1.807, 2.05) is 18.2 Å². The maximum atomic E-state index is 3.67. The number of nitrogens with one attached hydrogen (secondary N) is 1. The van der Waals surface area contributed by atoms with E-state index in [2.05, 4.69) is 46.9 Å². The zero-order valence-corrected chi connectivity index (χ0v) is 9.34. The van der Waals surface area contributed by atoms with Crippen LogP contribution in [-0.2, 0) is 0 Å². The summed E-state index contributed by atoms with van der Waals surface area (Å²) in [5, 5.41) is 3.34. The zero-order valence-electron chi connectivity index (χ0n) is 7.76. The minimum atomic E-state index is 0.371. The van der Waals surface area contributed by atoms with Crippen LogP contribution >= 0.6 is 15.9 Å². The fraction of sp³-hybridized carbons (Fsp3) is 0.273. The molecule has 1 rings (SSSR count). The van der Waals surface area contributed by atoms with Crippen LogP contribution in [0, 0.1) is 0 Å². The van der Waals surface area contributed by atoms with Gasteiger partial charge in [0.05, 0.1) is 0 Å². The van der Waals surface area contributed by atoms with E-state index >= 15 is 0 Å². The summed E-state index contributed by atoms with van der Waals surface area (Å²) in [5.41, 5.74) is 1.29. The summed E-state index contributed by atoms with van der Waals surface area (Å²) in [6.07, 6.45) is 1.87. The molecule has 0 aromatic heterocycles. The third kappa shape index (κ3) is 3.33. The van der Waals surface area contributed by atoms with Crippen LogP contribution in [0.5, 0.6) is 0 Å². The normalized spacial score (nSPS) is 12.5. The first-order valence-corrected chi connectivity index (χ1v) is 5.13. The smallest absolute Gasteiger partial charge is 0.0295 e. The molecule has 0 amide bonds. The lowest BCUT2D eigenvalue weighted by Crippen LogP contribution is -2.18. The van der Waals surface area contributed by atoms with Crippen molar-refractivity contribution < 1.29 is 0 Å². The van der Waals surface area contributed by atoms with Crippen molar-refractivity contribution in [1.29, 1.82) is 0 Å². The van der Waals surface area contributed by atoms with Crippen molar-refractivity contribution in [3.05, 3.63) is 47.0 Å². The molecule has 0 saturated heterocycles. The summed E-state index contributed by atoms with van der Waals surface area (Å²) in [6, 6.07) is 8.69. The monoisotopic (exact) mass is 239 g/mol. The van der Waals surface area contributed by atoms with Crippen LogP contribution in [-0.4, -0.2) is 6.54 Å². The molecule has 1 N–H and O–H groups in total. The van der Waals surface area contributed by atoms with Gasteiger partial charge in [0.15, 0.2) is 0 Å². The topological polar surface area (TPSA) is 12.0 Å². The van der Waals surface area contributed by atoms with Gasteiger partial charge in [-0.15, -0.1) is 6.58 Å². The Kier molecular flexibility index (Phi) is 4.19. The van der Waals surface area contributed by atoms with Crippen molar-refractivity contribution in [3.63, 3.8) is 0 Å². The van der Waals surface area contributed by atoms with E-state index in [0.717, 1.165) is 11.0 Å². The van der Waals surface area contributed by atoms with Crippen LogP contribution in [0.1, 0.15) is 18.5 Å². The molecule has 1 nitrogen and oxygen atoms in total. The average molecular weight is 240 g/mol. The van der Waals surface area contributed by atoms with Gasteiger partial charge in [-0.25, -0.2) is 0 Å². The molecule has 0 radical (unpaired) electrons. The molecule has 0 aliphatic rings. The lowest BCUT2D eigenvalue weighted by molar-refractivity contribution is 0.617. The van der Waals surface area contributed by atoms with Gasteiger partial charge in [-0.1, -0.05) is 34.1 Å². The van der Waals surface area contributed by atoms with Crippen molar-refractivity contribution in [2.45, 2.75) is 13.0 Å². The largest absolute Gasteiger partial charge is 0.307 e. The lowest BCUT2D eigenvalue weighted by atomic mass is 10.1. The SMILES string of the molecule is C=CCN[C@@H](C)c1cccc(Br)c1. The van der Waals surface area contributed by atoms with E-state index < -0.39 is 0 Å². The molecule has 1 atom stereocenters. The molecule has 2 heteroatoms. The molecular weight excluding hydrogens is 226 g/mol. The Balaban J connectivity index is 2.65. The van der Waals surface area contributed by atoms with Crippen molar-refractivity contribution in [2.24, 2.45) is 0 Å². The third-order valence-corrected chi connectivity index (χ3v) is 2.41.